The molecule has 29 heavy (non-hydrogen) atoms. The van der Waals surface area contributed by atoms with E-state index in [1.54, 1.807) is 0 Å². The number of oxazole rings is 1. The Morgan fingerprint density at radius 1 is 1.10 bits per heavy atom. The van der Waals surface area contributed by atoms with Crippen molar-refractivity contribution in [3.63, 3.8) is 0 Å². The van der Waals surface area contributed by atoms with Gasteiger partial charge in [-0.15, -0.1) is 0 Å². The molecule has 4 aliphatic heterocycles. The van der Waals surface area contributed by atoms with Crippen LogP contribution in [0.1, 0.15) is 68.2 Å². The molecule has 5 heterocycles. The van der Waals surface area contributed by atoms with E-state index in [1.165, 1.54) is 19.3 Å². The normalized spacial score (nSPS) is 34.4. The molecule has 5 aliphatic rings. The lowest BCUT2D eigenvalue weighted by Gasteiger charge is -2.54. The van der Waals surface area contributed by atoms with E-state index in [-0.39, 0.29) is 29.8 Å². The van der Waals surface area contributed by atoms with Gasteiger partial charge in [-0.3, -0.25) is 9.59 Å². The fourth-order valence-corrected chi connectivity index (χ4v) is 6.25. The van der Waals surface area contributed by atoms with Gasteiger partial charge in [0, 0.05) is 43.8 Å². The minimum Gasteiger partial charge on any atom is -0.445 e. The second-order valence-electron chi connectivity index (χ2n) is 9.68. The zero-order valence-electron chi connectivity index (χ0n) is 16.9. The quantitative estimate of drug-likeness (QED) is 0.822. The lowest BCUT2D eigenvalue weighted by atomic mass is 9.72. The van der Waals surface area contributed by atoms with Gasteiger partial charge in [-0.1, -0.05) is 6.42 Å². The number of hydrogen-bond acceptors (Lipinski definition) is 5. The summed E-state index contributed by atoms with van der Waals surface area (Å²) in [7, 11) is 0. The molecule has 1 saturated carbocycles. The smallest absolute Gasteiger partial charge is 0.246 e. The second kappa shape index (κ2) is 6.83. The molecule has 4 atom stereocenters. The number of amides is 2. The first kappa shape index (κ1) is 17.9. The Hall–Kier alpha value is -1.89. The molecule has 0 unspecified atom stereocenters. The fourth-order valence-electron chi connectivity index (χ4n) is 6.25. The zero-order chi connectivity index (χ0) is 19.5. The topological polar surface area (TPSA) is 78.7 Å². The maximum Gasteiger partial charge on any atom is 0.246 e. The third-order valence-corrected chi connectivity index (χ3v) is 8.01. The van der Waals surface area contributed by atoms with Crippen LogP contribution >= 0.6 is 0 Å². The largest absolute Gasteiger partial charge is 0.445 e. The molecule has 1 aliphatic carbocycles. The monoisotopic (exact) mass is 398 g/mol. The summed E-state index contributed by atoms with van der Waals surface area (Å²) in [4.78, 5) is 35.3. The Balaban J connectivity index is 1.25. The molecule has 6 rings (SSSR count). The van der Waals surface area contributed by atoms with Crippen molar-refractivity contribution in [1.82, 2.24) is 20.1 Å². The minimum atomic E-state index is -0.309. The van der Waals surface area contributed by atoms with Crippen molar-refractivity contribution >= 4 is 11.8 Å². The molecule has 1 aromatic rings. The van der Waals surface area contributed by atoms with Crippen LogP contribution < -0.4 is 5.32 Å². The highest BCUT2D eigenvalue weighted by molar-refractivity contribution is 5.89. The standard InChI is InChI=1S/C22H30N4O3/c27-19-6-2-5-17-14-9-15(11-23-10-14)20(26(17)19)22(28)25-8-7-18-16(12-25)24-21(29-18)13-3-1-4-13/h13-15,17,20,23H,1-12H2/t14-,15+,17+,20-/m1/s1. The van der Waals surface area contributed by atoms with Gasteiger partial charge in [0.15, 0.2) is 5.89 Å². The molecule has 0 spiro atoms. The number of rotatable bonds is 2. The molecule has 7 nitrogen and oxygen atoms in total. The number of piperidine rings is 3. The van der Waals surface area contributed by atoms with E-state index >= 15 is 0 Å². The highest BCUT2D eigenvalue weighted by atomic mass is 16.4. The van der Waals surface area contributed by atoms with E-state index < -0.39 is 0 Å². The molecule has 0 radical (unpaired) electrons. The van der Waals surface area contributed by atoms with Gasteiger partial charge in [0.2, 0.25) is 11.8 Å². The van der Waals surface area contributed by atoms with Crippen LogP contribution in [0.2, 0.25) is 0 Å². The van der Waals surface area contributed by atoms with E-state index in [9.17, 15) is 9.59 Å². The van der Waals surface area contributed by atoms with Crippen LogP contribution in [0.25, 0.3) is 0 Å². The van der Waals surface area contributed by atoms with Crippen molar-refractivity contribution in [2.45, 2.75) is 75.9 Å². The summed E-state index contributed by atoms with van der Waals surface area (Å²) in [5.41, 5.74) is 0.934. The molecular weight excluding hydrogens is 368 g/mol. The molecule has 2 bridgehead atoms. The molecule has 1 N–H and O–H groups in total. The third kappa shape index (κ3) is 2.84. The highest BCUT2D eigenvalue weighted by Crippen LogP contribution is 2.41. The van der Waals surface area contributed by atoms with Gasteiger partial charge in [0.25, 0.3) is 0 Å². The summed E-state index contributed by atoms with van der Waals surface area (Å²) in [6.45, 7) is 3.00. The van der Waals surface area contributed by atoms with Crippen LogP contribution in [0, 0.1) is 11.8 Å². The van der Waals surface area contributed by atoms with Gasteiger partial charge < -0.3 is 19.5 Å². The van der Waals surface area contributed by atoms with Crippen molar-refractivity contribution in [1.29, 1.82) is 0 Å². The van der Waals surface area contributed by atoms with E-state index in [0.717, 1.165) is 56.1 Å². The van der Waals surface area contributed by atoms with Gasteiger partial charge in [0.1, 0.15) is 17.5 Å². The summed E-state index contributed by atoms with van der Waals surface area (Å²) in [5, 5.41) is 3.53. The van der Waals surface area contributed by atoms with Crippen LogP contribution in [0.3, 0.4) is 0 Å². The fraction of sp³-hybridized carbons (Fsp3) is 0.773. The van der Waals surface area contributed by atoms with Gasteiger partial charge in [-0.2, -0.15) is 0 Å². The molecule has 0 aromatic carbocycles. The summed E-state index contributed by atoms with van der Waals surface area (Å²) < 4.78 is 6.03. The number of carbonyl (C=O) groups excluding carboxylic acids is 2. The van der Waals surface area contributed by atoms with Crippen LogP contribution in [0.4, 0.5) is 0 Å². The molecule has 2 amide bonds. The summed E-state index contributed by atoms with van der Waals surface area (Å²) in [6.07, 6.45) is 7.96. The van der Waals surface area contributed by atoms with Crippen molar-refractivity contribution in [2.24, 2.45) is 11.8 Å². The number of aromatic nitrogens is 1. The van der Waals surface area contributed by atoms with Gasteiger partial charge >= 0.3 is 0 Å². The third-order valence-electron chi connectivity index (χ3n) is 8.01. The SMILES string of the molecule is O=C([C@H]1[C@@H]2CNC[C@@H](C2)[C@@H]2CCCC(=O)N21)N1CCc2oc(C3CCC3)nc2C1. The molecule has 3 saturated heterocycles. The average Bonchev–Trinajstić information content (AvgIpc) is 3.10. The number of nitrogens with one attached hydrogen (secondary N) is 1. The first-order valence-corrected chi connectivity index (χ1v) is 11.5. The predicted octanol–water partition coefficient (Wildman–Crippen LogP) is 1.82. The van der Waals surface area contributed by atoms with Gasteiger partial charge in [-0.25, -0.2) is 4.98 Å². The van der Waals surface area contributed by atoms with E-state index in [4.69, 9.17) is 9.40 Å². The van der Waals surface area contributed by atoms with Crippen LogP contribution in [0.5, 0.6) is 0 Å². The summed E-state index contributed by atoms with van der Waals surface area (Å²) in [6, 6.07) is -0.0803. The van der Waals surface area contributed by atoms with Crippen molar-refractivity contribution < 1.29 is 14.0 Å². The maximum absolute atomic E-state index is 13.7. The van der Waals surface area contributed by atoms with Crippen LogP contribution in [-0.2, 0) is 22.6 Å². The average molecular weight is 399 g/mol. The van der Waals surface area contributed by atoms with E-state index in [1.807, 2.05) is 9.80 Å². The summed E-state index contributed by atoms with van der Waals surface area (Å²) in [5.74, 6) is 3.34. The second-order valence-corrected chi connectivity index (χ2v) is 9.68. The number of hydrogen-bond donors (Lipinski definition) is 1. The minimum absolute atomic E-state index is 0.122. The van der Waals surface area contributed by atoms with Crippen LogP contribution in [0.15, 0.2) is 4.42 Å². The highest BCUT2D eigenvalue weighted by Gasteiger charge is 2.51. The molecule has 4 fully saturated rings. The maximum atomic E-state index is 13.7. The zero-order valence-corrected chi connectivity index (χ0v) is 16.9. The van der Waals surface area contributed by atoms with E-state index in [0.29, 0.717) is 31.3 Å². The number of fused-ring (bicyclic) bond motifs is 5. The van der Waals surface area contributed by atoms with E-state index in [2.05, 4.69) is 5.32 Å². The molecular formula is C22H30N4O3. The lowest BCUT2D eigenvalue weighted by Crippen LogP contribution is -2.68. The summed E-state index contributed by atoms with van der Waals surface area (Å²) >= 11 is 0. The Bertz CT molecular complexity index is 832. The first-order chi connectivity index (χ1) is 14.2. The Morgan fingerprint density at radius 2 is 1.97 bits per heavy atom. The Morgan fingerprint density at radius 3 is 2.79 bits per heavy atom. The Labute approximate surface area is 171 Å². The number of carbonyl (C=O) groups is 2. The first-order valence-electron chi connectivity index (χ1n) is 11.5. The van der Waals surface area contributed by atoms with Crippen molar-refractivity contribution in [2.75, 3.05) is 19.6 Å². The van der Waals surface area contributed by atoms with Gasteiger partial charge in [0.05, 0.1) is 6.54 Å². The lowest BCUT2D eigenvalue weighted by molar-refractivity contribution is -0.162. The van der Waals surface area contributed by atoms with Crippen LogP contribution in [-0.4, -0.2) is 58.3 Å². The predicted molar refractivity (Wildman–Crippen MR) is 105 cm³/mol. The molecule has 156 valence electrons. The van der Waals surface area contributed by atoms with Crippen molar-refractivity contribution in [3.8, 4) is 0 Å². The molecule has 7 heteroatoms. The molecule has 1 aromatic heterocycles. The van der Waals surface area contributed by atoms with Gasteiger partial charge in [-0.05, 0) is 44.6 Å². The Kier molecular flexibility index (Phi) is 4.22. The number of nitrogens with zero attached hydrogens (tertiary/aromatic N) is 3. The van der Waals surface area contributed by atoms with Crippen molar-refractivity contribution in [3.05, 3.63) is 17.3 Å².